The fourth-order valence-electron chi connectivity index (χ4n) is 1.91. The monoisotopic (exact) mass is 283 g/mol. The third-order valence-corrected chi connectivity index (χ3v) is 3.23. The summed E-state index contributed by atoms with van der Waals surface area (Å²) in [5.41, 5.74) is 1.44. The number of ether oxygens (including phenoxy) is 1. The molecule has 19 heavy (non-hydrogen) atoms. The second-order valence-electron chi connectivity index (χ2n) is 4.38. The van der Waals surface area contributed by atoms with E-state index in [-0.39, 0.29) is 0 Å². The number of hydrogen-bond donors (Lipinski definition) is 2. The van der Waals surface area contributed by atoms with Crippen LogP contribution in [0.3, 0.4) is 0 Å². The van der Waals surface area contributed by atoms with Gasteiger partial charge in [0, 0.05) is 19.0 Å². The van der Waals surface area contributed by atoms with Gasteiger partial charge in [-0.25, -0.2) is 8.42 Å². The van der Waals surface area contributed by atoms with Gasteiger partial charge >= 0.3 is 0 Å². The Balaban J connectivity index is 2.24. The summed E-state index contributed by atoms with van der Waals surface area (Å²) in [5, 5.41) is 3.18. The average Bonchev–Trinajstić information content (AvgIpc) is 2.79. The molecule has 0 spiro atoms. The third kappa shape index (κ3) is 4.13. The highest BCUT2D eigenvalue weighted by atomic mass is 32.2. The van der Waals surface area contributed by atoms with E-state index in [2.05, 4.69) is 15.0 Å². The molecule has 0 saturated carbocycles. The van der Waals surface area contributed by atoms with E-state index < -0.39 is 10.0 Å². The summed E-state index contributed by atoms with van der Waals surface area (Å²) in [5.74, 6) is 1.53. The van der Waals surface area contributed by atoms with Crippen LogP contribution in [0.5, 0.6) is 5.75 Å². The molecule has 7 heteroatoms. The topological polar surface area (TPSA) is 79.8 Å². The van der Waals surface area contributed by atoms with E-state index in [0.717, 1.165) is 30.7 Å². The van der Waals surface area contributed by atoms with Crippen molar-refractivity contribution in [1.82, 2.24) is 5.32 Å². The van der Waals surface area contributed by atoms with Crippen molar-refractivity contribution >= 4 is 21.5 Å². The Hall–Kier alpha value is -1.76. The van der Waals surface area contributed by atoms with E-state index in [1.807, 2.05) is 6.07 Å². The lowest BCUT2D eigenvalue weighted by Crippen LogP contribution is -2.20. The number of hydrogen-bond acceptors (Lipinski definition) is 5. The summed E-state index contributed by atoms with van der Waals surface area (Å²) >= 11 is 0. The quantitative estimate of drug-likeness (QED) is 0.830. The number of amidine groups is 1. The fraction of sp³-hybridized carbons (Fsp3) is 0.417. The number of nitrogens with zero attached hydrogens (tertiary/aromatic N) is 1. The predicted molar refractivity (Wildman–Crippen MR) is 75.5 cm³/mol. The van der Waals surface area contributed by atoms with E-state index in [0.29, 0.717) is 17.9 Å². The number of benzene rings is 1. The molecular weight excluding hydrogens is 266 g/mol. The summed E-state index contributed by atoms with van der Waals surface area (Å²) in [4.78, 5) is 4.32. The van der Waals surface area contributed by atoms with Crippen LogP contribution >= 0.6 is 0 Å². The summed E-state index contributed by atoms with van der Waals surface area (Å²) < 4.78 is 30.2. The number of anilines is 1. The van der Waals surface area contributed by atoms with Gasteiger partial charge in [-0.3, -0.25) is 9.71 Å². The van der Waals surface area contributed by atoms with Gasteiger partial charge in [-0.05, 0) is 17.7 Å². The first-order valence-electron chi connectivity index (χ1n) is 5.89. The van der Waals surface area contributed by atoms with E-state index in [1.165, 1.54) is 0 Å². The maximum absolute atomic E-state index is 11.3. The molecule has 0 atom stereocenters. The van der Waals surface area contributed by atoms with Gasteiger partial charge in [-0.15, -0.1) is 0 Å². The smallest absolute Gasteiger partial charge is 0.229 e. The van der Waals surface area contributed by atoms with Crippen LogP contribution < -0.4 is 14.8 Å². The highest BCUT2D eigenvalue weighted by molar-refractivity contribution is 7.92. The Morgan fingerprint density at radius 2 is 2.21 bits per heavy atom. The number of sulfonamides is 1. The van der Waals surface area contributed by atoms with Gasteiger partial charge < -0.3 is 10.1 Å². The summed E-state index contributed by atoms with van der Waals surface area (Å²) in [6.07, 6.45) is 1.75. The Labute approximate surface area is 112 Å². The molecule has 1 aromatic rings. The number of rotatable bonds is 5. The minimum absolute atomic E-state index is 0.496. The zero-order chi connectivity index (χ0) is 13.9. The van der Waals surface area contributed by atoms with Crippen molar-refractivity contribution in [2.24, 2.45) is 4.99 Å². The van der Waals surface area contributed by atoms with Crippen LogP contribution in [0.4, 0.5) is 5.69 Å². The molecule has 2 N–H and O–H groups in total. The second-order valence-corrected chi connectivity index (χ2v) is 6.12. The summed E-state index contributed by atoms with van der Waals surface area (Å²) in [7, 11) is -1.75. The largest absolute Gasteiger partial charge is 0.497 e. The molecule has 0 fully saturated rings. The lowest BCUT2D eigenvalue weighted by atomic mass is 10.1. The third-order valence-electron chi connectivity index (χ3n) is 2.62. The van der Waals surface area contributed by atoms with Crippen molar-refractivity contribution in [3.63, 3.8) is 0 Å². The van der Waals surface area contributed by atoms with Crippen molar-refractivity contribution < 1.29 is 13.2 Å². The molecule has 6 nitrogen and oxygen atoms in total. The van der Waals surface area contributed by atoms with Crippen LogP contribution in [-0.4, -0.2) is 40.7 Å². The van der Waals surface area contributed by atoms with Gasteiger partial charge in [0.15, 0.2) is 0 Å². The van der Waals surface area contributed by atoms with Crippen LogP contribution in [0.2, 0.25) is 0 Å². The Kier molecular flexibility index (Phi) is 3.94. The van der Waals surface area contributed by atoms with E-state index in [1.54, 1.807) is 19.2 Å². The number of nitrogens with one attached hydrogen (secondary N) is 2. The zero-order valence-corrected chi connectivity index (χ0v) is 11.8. The molecule has 104 valence electrons. The van der Waals surface area contributed by atoms with Gasteiger partial charge in [0.25, 0.3) is 0 Å². The zero-order valence-electron chi connectivity index (χ0n) is 10.9. The molecule has 1 aliphatic rings. The van der Waals surface area contributed by atoms with Crippen molar-refractivity contribution in [2.75, 3.05) is 31.2 Å². The SMILES string of the molecule is COc1cc(CC2=NCCN2)cc(NS(C)(=O)=O)c1. The molecule has 0 bridgehead atoms. The van der Waals surface area contributed by atoms with Crippen LogP contribution in [0.15, 0.2) is 23.2 Å². The van der Waals surface area contributed by atoms with Crippen LogP contribution in [0, 0.1) is 0 Å². The Morgan fingerprint density at radius 3 is 2.79 bits per heavy atom. The number of methoxy groups -OCH3 is 1. The summed E-state index contributed by atoms with van der Waals surface area (Å²) in [6, 6.07) is 5.30. The highest BCUT2D eigenvalue weighted by Crippen LogP contribution is 2.22. The highest BCUT2D eigenvalue weighted by Gasteiger charge is 2.10. The molecule has 0 saturated heterocycles. The van der Waals surface area contributed by atoms with Crippen LogP contribution in [0.1, 0.15) is 5.56 Å². The van der Waals surface area contributed by atoms with E-state index >= 15 is 0 Å². The molecule has 0 unspecified atom stereocenters. The minimum Gasteiger partial charge on any atom is -0.497 e. The molecule has 1 aliphatic heterocycles. The first-order chi connectivity index (χ1) is 8.96. The normalized spacial score (nSPS) is 14.7. The first kappa shape index (κ1) is 13.7. The number of aliphatic imine (C=N–C) groups is 1. The van der Waals surface area contributed by atoms with Gasteiger partial charge in [0.2, 0.25) is 10.0 Å². The molecule has 0 amide bonds. The van der Waals surface area contributed by atoms with Gasteiger partial charge in [-0.1, -0.05) is 0 Å². The molecule has 0 radical (unpaired) electrons. The van der Waals surface area contributed by atoms with Crippen molar-refractivity contribution in [2.45, 2.75) is 6.42 Å². The molecule has 1 heterocycles. The molecule has 0 aromatic heterocycles. The van der Waals surface area contributed by atoms with E-state index in [4.69, 9.17) is 4.74 Å². The van der Waals surface area contributed by atoms with Crippen LogP contribution in [-0.2, 0) is 16.4 Å². The van der Waals surface area contributed by atoms with Gasteiger partial charge in [0.05, 0.1) is 25.6 Å². The first-order valence-corrected chi connectivity index (χ1v) is 7.78. The summed E-state index contributed by atoms with van der Waals surface area (Å²) in [6.45, 7) is 1.64. The van der Waals surface area contributed by atoms with Crippen LogP contribution in [0.25, 0.3) is 0 Å². The fourth-order valence-corrected chi connectivity index (χ4v) is 2.46. The maximum Gasteiger partial charge on any atom is 0.229 e. The van der Waals surface area contributed by atoms with Crippen molar-refractivity contribution in [3.8, 4) is 5.75 Å². The molecule has 2 rings (SSSR count). The van der Waals surface area contributed by atoms with Gasteiger partial charge in [-0.2, -0.15) is 0 Å². The van der Waals surface area contributed by atoms with Crippen molar-refractivity contribution in [3.05, 3.63) is 23.8 Å². The lowest BCUT2D eigenvalue weighted by molar-refractivity contribution is 0.414. The molecular formula is C12H17N3O3S. The predicted octanol–water partition coefficient (Wildman–Crippen LogP) is 0.611. The minimum atomic E-state index is -3.30. The average molecular weight is 283 g/mol. The van der Waals surface area contributed by atoms with Crippen molar-refractivity contribution in [1.29, 1.82) is 0 Å². The Bertz CT molecular complexity index is 596. The molecule has 1 aromatic carbocycles. The maximum atomic E-state index is 11.3. The second kappa shape index (κ2) is 5.48. The Morgan fingerprint density at radius 1 is 1.42 bits per heavy atom. The molecule has 0 aliphatic carbocycles. The van der Waals surface area contributed by atoms with Gasteiger partial charge in [0.1, 0.15) is 11.6 Å². The standard InChI is InChI=1S/C12H17N3O3S/c1-18-11-6-9(7-12-13-3-4-14-12)5-10(8-11)15-19(2,16)17/h5-6,8,15H,3-4,7H2,1-2H3,(H,13,14). The van der Waals surface area contributed by atoms with E-state index in [9.17, 15) is 8.42 Å². The lowest BCUT2D eigenvalue weighted by Gasteiger charge is -2.10.